The first kappa shape index (κ1) is 37.9. The third-order valence-corrected chi connectivity index (χ3v) is 17.5. The summed E-state index contributed by atoms with van der Waals surface area (Å²) in [6.45, 7) is 4.53. The summed E-state index contributed by atoms with van der Waals surface area (Å²) in [7, 11) is -7.06. The highest BCUT2D eigenvalue weighted by atomic mass is 31.2. The second-order valence-corrected chi connectivity index (χ2v) is 20.7. The van der Waals surface area contributed by atoms with Crippen molar-refractivity contribution >= 4 is 36.0 Å². The number of rotatable bonds is 14. The van der Waals surface area contributed by atoms with Gasteiger partial charge in [-0.1, -0.05) is 163 Å². The molecule has 0 aromatic heterocycles. The van der Waals surface area contributed by atoms with Gasteiger partial charge in [0.25, 0.3) is 0 Å². The molecular formula is C51H52O4P2. The van der Waals surface area contributed by atoms with Gasteiger partial charge < -0.3 is 9.05 Å². The molecule has 2 aliphatic heterocycles. The molecule has 9 rings (SSSR count). The Morgan fingerprint density at radius 3 is 1.25 bits per heavy atom. The molecule has 0 bridgehead atoms. The molecule has 2 unspecified atom stereocenters. The van der Waals surface area contributed by atoms with Crippen LogP contribution in [0.15, 0.2) is 133 Å². The zero-order chi connectivity index (χ0) is 39.0. The van der Waals surface area contributed by atoms with Crippen LogP contribution in [0, 0.1) is 0 Å². The van der Waals surface area contributed by atoms with Crippen molar-refractivity contribution in [2.24, 2.45) is 0 Å². The Labute approximate surface area is 338 Å². The van der Waals surface area contributed by atoms with Crippen molar-refractivity contribution in [2.75, 3.05) is 0 Å². The second kappa shape index (κ2) is 15.6. The molecule has 3 aliphatic rings. The Hall–Kier alpha value is -4.62. The summed E-state index contributed by atoms with van der Waals surface area (Å²) >= 11 is 0. The van der Waals surface area contributed by atoms with Gasteiger partial charge in [-0.15, -0.1) is 0 Å². The normalized spacial score (nSPS) is 19.2. The first-order chi connectivity index (χ1) is 27.9. The largest absolute Gasteiger partial charge is 0.436 e. The maximum absolute atomic E-state index is 15.6. The lowest BCUT2D eigenvalue weighted by molar-refractivity contribution is 0.399. The fraction of sp³-hybridized carbons (Fsp3) is 0.294. The Morgan fingerprint density at radius 1 is 0.421 bits per heavy atom. The summed E-state index contributed by atoms with van der Waals surface area (Å²) in [4.78, 5) is 0. The number of hydrogen-bond donors (Lipinski definition) is 0. The smallest absolute Gasteiger partial charge is 0.307 e. The van der Waals surface area contributed by atoms with Gasteiger partial charge in [0.05, 0.1) is 21.2 Å². The number of fused-ring (bicyclic) bond motifs is 9. The highest BCUT2D eigenvalue weighted by Crippen LogP contribution is 2.60. The van der Waals surface area contributed by atoms with Gasteiger partial charge >= 0.3 is 14.7 Å². The van der Waals surface area contributed by atoms with E-state index in [1.54, 1.807) is 0 Å². The van der Waals surface area contributed by atoms with E-state index in [1.165, 1.54) is 60.8 Å². The Balaban J connectivity index is 1.21. The van der Waals surface area contributed by atoms with Crippen LogP contribution in [-0.4, -0.2) is 0 Å². The highest BCUT2D eigenvalue weighted by molar-refractivity contribution is 7.75. The molecule has 2 heterocycles. The molecule has 0 N–H and O–H groups in total. The molecule has 1 aliphatic carbocycles. The standard InChI is InChI=1S/C51H52O4P2/c1-3-5-7-9-19-33-51(34-20-10-8-6-4-2)45-35-37(56(52)49-27-17-13-23-43(49)41-21-11-15-25-47(41)54-56)29-31-39(45)40-32-30-38(36-46(40)51)57(53)50-28-18-14-24-44(50)42-22-12-16-26-48(42)55-57/h11-18,21-32,35-36H,3-10,19-20,33-34H2,1-2H3. The van der Waals surface area contributed by atoms with Gasteiger partial charge in [-0.2, -0.15) is 0 Å². The van der Waals surface area contributed by atoms with Gasteiger partial charge in [0.1, 0.15) is 11.5 Å². The summed E-state index contributed by atoms with van der Waals surface area (Å²) in [6, 6.07) is 44.9. The van der Waals surface area contributed by atoms with E-state index in [0.29, 0.717) is 11.5 Å². The minimum atomic E-state index is -3.53. The molecule has 0 saturated carbocycles. The maximum Gasteiger partial charge on any atom is 0.307 e. The molecule has 57 heavy (non-hydrogen) atoms. The van der Waals surface area contributed by atoms with Crippen LogP contribution < -0.4 is 30.3 Å². The van der Waals surface area contributed by atoms with Crippen LogP contribution in [0.4, 0.5) is 0 Å². The average Bonchev–Trinajstić information content (AvgIpc) is 3.52. The minimum Gasteiger partial charge on any atom is -0.436 e. The summed E-state index contributed by atoms with van der Waals surface area (Å²) in [6.07, 6.45) is 13.7. The number of hydrogen-bond acceptors (Lipinski definition) is 4. The molecule has 6 aromatic rings. The van der Waals surface area contributed by atoms with Crippen molar-refractivity contribution in [3.05, 3.63) is 145 Å². The van der Waals surface area contributed by atoms with Crippen molar-refractivity contribution in [3.63, 3.8) is 0 Å². The molecule has 4 nitrogen and oxygen atoms in total. The third kappa shape index (κ3) is 6.45. The predicted molar refractivity (Wildman–Crippen MR) is 238 cm³/mol. The van der Waals surface area contributed by atoms with Crippen molar-refractivity contribution in [1.82, 2.24) is 0 Å². The van der Waals surface area contributed by atoms with Crippen LogP contribution in [0.5, 0.6) is 11.5 Å². The van der Waals surface area contributed by atoms with Crippen molar-refractivity contribution in [3.8, 4) is 44.9 Å². The Bertz CT molecular complexity index is 2380. The topological polar surface area (TPSA) is 52.6 Å². The van der Waals surface area contributed by atoms with Gasteiger partial charge in [0.2, 0.25) is 0 Å². The van der Waals surface area contributed by atoms with Crippen LogP contribution in [0.1, 0.15) is 102 Å². The van der Waals surface area contributed by atoms with E-state index < -0.39 is 14.7 Å². The summed E-state index contributed by atoms with van der Waals surface area (Å²) in [5, 5.41) is 2.95. The van der Waals surface area contributed by atoms with Crippen molar-refractivity contribution in [1.29, 1.82) is 0 Å². The number of para-hydroxylation sites is 2. The van der Waals surface area contributed by atoms with E-state index in [-0.39, 0.29) is 5.41 Å². The van der Waals surface area contributed by atoms with Gasteiger partial charge in [-0.3, -0.25) is 9.13 Å². The van der Waals surface area contributed by atoms with Crippen LogP contribution in [-0.2, 0) is 14.5 Å². The molecular weight excluding hydrogens is 739 g/mol. The zero-order valence-electron chi connectivity index (χ0n) is 33.2. The molecule has 2 atom stereocenters. The fourth-order valence-corrected chi connectivity index (χ4v) is 14.3. The van der Waals surface area contributed by atoms with E-state index in [4.69, 9.17) is 9.05 Å². The average molecular weight is 791 g/mol. The summed E-state index contributed by atoms with van der Waals surface area (Å²) < 4.78 is 44.6. The van der Waals surface area contributed by atoms with Crippen molar-refractivity contribution in [2.45, 2.75) is 96.3 Å². The molecule has 6 heteroatoms. The van der Waals surface area contributed by atoms with E-state index in [0.717, 1.165) is 82.0 Å². The van der Waals surface area contributed by atoms with Crippen LogP contribution in [0.3, 0.4) is 0 Å². The Kier molecular flexibility index (Phi) is 10.4. The quantitative estimate of drug-likeness (QED) is 0.0814. The van der Waals surface area contributed by atoms with Gasteiger partial charge in [0, 0.05) is 16.5 Å². The van der Waals surface area contributed by atoms with E-state index >= 15 is 9.13 Å². The molecule has 0 radical (unpaired) electrons. The van der Waals surface area contributed by atoms with Crippen molar-refractivity contribution < 1.29 is 18.2 Å². The molecule has 290 valence electrons. The van der Waals surface area contributed by atoms with Crippen LogP contribution >= 0.6 is 14.7 Å². The Morgan fingerprint density at radius 2 is 0.807 bits per heavy atom. The highest BCUT2D eigenvalue weighted by Gasteiger charge is 2.47. The van der Waals surface area contributed by atoms with Gasteiger partial charge in [0.15, 0.2) is 0 Å². The maximum atomic E-state index is 15.6. The summed E-state index contributed by atoms with van der Waals surface area (Å²) in [5.41, 5.74) is 8.32. The molecule has 0 amide bonds. The first-order valence-corrected chi connectivity index (χ1v) is 24.4. The summed E-state index contributed by atoms with van der Waals surface area (Å²) in [5.74, 6) is 1.32. The molecule has 0 fully saturated rings. The minimum absolute atomic E-state index is 0.353. The lowest BCUT2D eigenvalue weighted by Gasteiger charge is -2.35. The monoisotopic (exact) mass is 790 g/mol. The first-order valence-electron chi connectivity index (χ1n) is 21.2. The number of unbranched alkanes of at least 4 members (excludes halogenated alkanes) is 8. The van der Waals surface area contributed by atoms with Crippen LogP contribution in [0.25, 0.3) is 33.4 Å². The van der Waals surface area contributed by atoms with E-state index in [2.05, 4.69) is 62.4 Å². The predicted octanol–water partition coefficient (Wildman–Crippen LogP) is 13.3. The SMILES string of the molecule is CCCCCCCC1(CCCCCCC)c2cc(P3(=O)Oc4ccccc4-c4ccccc43)ccc2-c2ccc(P3(=O)Oc4ccccc4-c4ccccc43)cc21. The zero-order valence-corrected chi connectivity index (χ0v) is 35.0. The van der Waals surface area contributed by atoms with E-state index in [1.807, 2.05) is 84.9 Å². The van der Waals surface area contributed by atoms with Gasteiger partial charge in [-0.25, -0.2) is 0 Å². The third-order valence-electron chi connectivity index (χ3n) is 12.7. The lowest BCUT2D eigenvalue weighted by Crippen LogP contribution is -2.30. The van der Waals surface area contributed by atoms with E-state index in [9.17, 15) is 0 Å². The molecule has 0 saturated heterocycles. The number of benzene rings is 6. The molecule has 0 spiro atoms. The second-order valence-electron chi connectivity index (χ2n) is 16.2. The van der Waals surface area contributed by atoms with Gasteiger partial charge in [-0.05, 0) is 94.8 Å². The molecule has 6 aromatic carbocycles. The fourth-order valence-electron chi connectivity index (χ4n) is 9.77. The van der Waals surface area contributed by atoms with Crippen LogP contribution in [0.2, 0.25) is 0 Å². The lowest BCUT2D eigenvalue weighted by atomic mass is 9.70.